The number of furan rings is 1. The van der Waals surface area contributed by atoms with Crippen LogP contribution in [0.1, 0.15) is 17.5 Å². The molecule has 0 aliphatic heterocycles. The molecule has 1 amide bonds. The molecule has 0 aromatic carbocycles. The number of aliphatic hydroxyl groups excluding tert-OH is 1. The van der Waals surface area contributed by atoms with Gasteiger partial charge in [-0.25, -0.2) is 0 Å². The second kappa shape index (κ2) is 4.43. The molecule has 0 saturated carbocycles. The zero-order valence-electron chi connectivity index (χ0n) is 7.08. The Balaban J connectivity index is 2.54. The van der Waals surface area contributed by atoms with E-state index < -0.39 is 6.10 Å². The van der Waals surface area contributed by atoms with Gasteiger partial charge in [-0.1, -0.05) is 0 Å². The molecule has 1 aromatic rings. The number of amides is 1. The van der Waals surface area contributed by atoms with Crippen LogP contribution < -0.4 is 5.32 Å². The monoisotopic (exact) mass is 247 g/mol. The van der Waals surface area contributed by atoms with Crippen LogP contribution in [0.5, 0.6) is 0 Å². The van der Waals surface area contributed by atoms with Gasteiger partial charge in [0.15, 0.2) is 0 Å². The lowest BCUT2D eigenvalue weighted by Crippen LogP contribution is -2.30. The molecule has 0 bridgehead atoms. The second-order valence-electron chi connectivity index (χ2n) is 2.66. The number of carbonyl (C=O) groups is 1. The lowest BCUT2D eigenvalue weighted by molar-refractivity contribution is 0.0895. The highest BCUT2D eigenvalue weighted by Crippen LogP contribution is 2.16. The maximum absolute atomic E-state index is 11.3. The number of nitrogens with one attached hydrogen (secondary N) is 1. The van der Waals surface area contributed by atoms with Gasteiger partial charge in [-0.2, -0.15) is 0 Å². The maximum atomic E-state index is 11.3. The molecule has 5 heteroatoms. The molecule has 0 radical (unpaired) electrons. The Labute approximate surface area is 84.1 Å². The molecule has 0 fully saturated rings. The largest absolute Gasteiger partial charge is 0.458 e. The zero-order chi connectivity index (χ0) is 9.84. The molecule has 0 aliphatic carbocycles. The number of halogens is 1. The van der Waals surface area contributed by atoms with E-state index in [1.165, 1.54) is 6.26 Å². The van der Waals surface area contributed by atoms with Gasteiger partial charge < -0.3 is 14.8 Å². The number of aliphatic hydroxyl groups is 1. The fraction of sp³-hybridized carbons (Fsp3) is 0.375. The molecule has 1 atom stereocenters. The average molecular weight is 248 g/mol. The van der Waals surface area contributed by atoms with Crippen LogP contribution in [0.3, 0.4) is 0 Å². The van der Waals surface area contributed by atoms with E-state index in [2.05, 4.69) is 21.2 Å². The SMILES string of the molecule is C[C@H](O)CNC(=O)c1occc1Br. The van der Waals surface area contributed by atoms with Crippen LogP contribution in [-0.4, -0.2) is 23.7 Å². The molecule has 4 nitrogen and oxygen atoms in total. The Morgan fingerprint density at radius 2 is 2.54 bits per heavy atom. The topological polar surface area (TPSA) is 62.5 Å². The van der Waals surface area contributed by atoms with Crippen molar-refractivity contribution in [2.45, 2.75) is 13.0 Å². The zero-order valence-corrected chi connectivity index (χ0v) is 8.67. The van der Waals surface area contributed by atoms with E-state index >= 15 is 0 Å². The van der Waals surface area contributed by atoms with E-state index in [9.17, 15) is 4.79 Å². The van der Waals surface area contributed by atoms with Crippen LogP contribution in [0.2, 0.25) is 0 Å². The van der Waals surface area contributed by atoms with Crippen LogP contribution in [0.15, 0.2) is 21.2 Å². The molecule has 2 N–H and O–H groups in total. The Hall–Kier alpha value is -0.810. The maximum Gasteiger partial charge on any atom is 0.288 e. The highest BCUT2D eigenvalue weighted by atomic mass is 79.9. The Morgan fingerprint density at radius 1 is 1.85 bits per heavy atom. The van der Waals surface area contributed by atoms with Gasteiger partial charge in [0.05, 0.1) is 16.8 Å². The van der Waals surface area contributed by atoms with E-state index in [1.54, 1.807) is 13.0 Å². The van der Waals surface area contributed by atoms with Crippen molar-refractivity contribution < 1.29 is 14.3 Å². The Bertz CT molecular complexity index is 295. The Morgan fingerprint density at radius 3 is 3.00 bits per heavy atom. The minimum absolute atomic E-state index is 0.214. The molecule has 0 aliphatic rings. The summed E-state index contributed by atoms with van der Waals surface area (Å²) in [4.78, 5) is 11.3. The standard InChI is InChI=1S/C8H10BrNO3/c1-5(11)4-10-8(12)7-6(9)2-3-13-7/h2-3,5,11H,4H2,1H3,(H,10,12)/t5-/m0/s1. The van der Waals surface area contributed by atoms with Crippen molar-refractivity contribution in [3.05, 3.63) is 22.6 Å². The van der Waals surface area contributed by atoms with Gasteiger partial charge >= 0.3 is 0 Å². The van der Waals surface area contributed by atoms with Gasteiger partial charge in [-0.05, 0) is 28.9 Å². The molecular weight excluding hydrogens is 238 g/mol. The smallest absolute Gasteiger partial charge is 0.288 e. The molecule has 0 saturated heterocycles. The predicted molar refractivity (Wildman–Crippen MR) is 50.4 cm³/mol. The van der Waals surface area contributed by atoms with Crippen molar-refractivity contribution in [1.82, 2.24) is 5.32 Å². The minimum atomic E-state index is -0.558. The summed E-state index contributed by atoms with van der Waals surface area (Å²) in [7, 11) is 0. The van der Waals surface area contributed by atoms with Gasteiger partial charge in [0.1, 0.15) is 0 Å². The summed E-state index contributed by atoms with van der Waals surface area (Å²) in [6.45, 7) is 1.81. The van der Waals surface area contributed by atoms with E-state index in [-0.39, 0.29) is 18.2 Å². The van der Waals surface area contributed by atoms with Crippen molar-refractivity contribution in [3.63, 3.8) is 0 Å². The molecular formula is C8H10BrNO3. The first-order valence-electron chi connectivity index (χ1n) is 3.80. The second-order valence-corrected chi connectivity index (χ2v) is 3.51. The van der Waals surface area contributed by atoms with Gasteiger partial charge in [0, 0.05) is 6.54 Å². The first kappa shape index (κ1) is 10.3. The third kappa shape index (κ3) is 2.86. The lowest BCUT2D eigenvalue weighted by atomic mass is 10.3. The summed E-state index contributed by atoms with van der Waals surface area (Å²) in [5.74, 6) is -0.113. The van der Waals surface area contributed by atoms with E-state index in [4.69, 9.17) is 9.52 Å². The van der Waals surface area contributed by atoms with Gasteiger partial charge in [-0.3, -0.25) is 4.79 Å². The molecule has 0 unspecified atom stereocenters. The molecule has 0 spiro atoms. The van der Waals surface area contributed by atoms with Crippen LogP contribution in [0.4, 0.5) is 0 Å². The summed E-state index contributed by atoms with van der Waals surface area (Å²) < 4.78 is 5.52. The highest BCUT2D eigenvalue weighted by Gasteiger charge is 2.13. The predicted octanol–water partition coefficient (Wildman–Crippen LogP) is 1.15. The Kier molecular flexibility index (Phi) is 3.50. The number of hydrogen-bond acceptors (Lipinski definition) is 3. The first-order valence-corrected chi connectivity index (χ1v) is 4.60. The van der Waals surface area contributed by atoms with Crippen molar-refractivity contribution in [3.8, 4) is 0 Å². The van der Waals surface area contributed by atoms with Crippen LogP contribution in [-0.2, 0) is 0 Å². The van der Waals surface area contributed by atoms with Gasteiger partial charge in [0.25, 0.3) is 5.91 Å². The number of rotatable bonds is 3. The normalized spacial score (nSPS) is 12.5. The van der Waals surface area contributed by atoms with Crippen LogP contribution in [0.25, 0.3) is 0 Å². The summed E-state index contributed by atoms with van der Waals surface area (Å²) in [6.07, 6.45) is 0.860. The summed E-state index contributed by atoms with van der Waals surface area (Å²) in [5, 5.41) is 11.4. The molecule has 1 rings (SSSR count). The van der Waals surface area contributed by atoms with E-state index in [1.807, 2.05) is 0 Å². The quantitative estimate of drug-likeness (QED) is 0.843. The fourth-order valence-electron chi connectivity index (χ4n) is 0.776. The van der Waals surface area contributed by atoms with Crippen molar-refractivity contribution in [1.29, 1.82) is 0 Å². The fourth-order valence-corrected chi connectivity index (χ4v) is 1.16. The van der Waals surface area contributed by atoms with Gasteiger partial charge in [0.2, 0.25) is 5.76 Å². The van der Waals surface area contributed by atoms with E-state index in [0.29, 0.717) is 4.47 Å². The molecule has 1 heterocycles. The van der Waals surface area contributed by atoms with Gasteiger partial charge in [-0.15, -0.1) is 0 Å². The highest BCUT2D eigenvalue weighted by molar-refractivity contribution is 9.10. The van der Waals surface area contributed by atoms with Crippen LogP contribution >= 0.6 is 15.9 Å². The molecule has 1 aromatic heterocycles. The summed E-state index contributed by atoms with van der Waals surface area (Å²) >= 11 is 3.16. The van der Waals surface area contributed by atoms with Crippen molar-refractivity contribution in [2.24, 2.45) is 0 Å². The summed E-state index contributed by atoms with van der Waals surface area (Å²) in [5.41, 5.74) is 0. The first-order chi connectivity index (χ1) is 6.11. The third-order valence-electron chi connectivity index (χ3n) is 1.38. The average Bonchev–Trinajstić information content (AvgIpc) is 2.47. The van der Waals surface area contributed by atoms with Crippen LogP contribution in [0, 0.1) is 0 Å². The lowest BCUT2D eigenvalue weighted by Gasteiger charge is -2.04. The van der Waals surface area contributed by atoms with E-state index in [0.717, 1.165) is 0 Å². The summed E-state index contributed by atoms with van der Waals surface area (Å²) in [6, 6.07) is 1.64. The number of hydrogen-bond donors (Lipinski definition) is 2. The third-order valence-corrected chi connectivity index (χ3v) is 2.01. The number of carbonyl (C=O) groups excluding carboxylic acids is 1. The van der Waals surface area contributed by atoms with Crippen molar-refractivity contribution in [2.75, 3.05) is 6.54 Å². The van der Waals surface area contributed by atoms with Crippen molar-refractivity contribution >= 4 is 21.8 Å². The molecule has 13 heavy (non-hydrogen) atoms. The molecule has 72 valence electrons. The minimum Gasteiger partial charge on any atom is -0.458 e.